The number of rotatable bonds is 6. The molecule has 0 spiro atoms. The lowest BCUT2D eigenvalue weighted by Gasteiger charge is -1.98. The molecule has 1 unspecified atom stereocenters. The Hall–Kier alpha value is -0.300. The highest BCUT2D eigenvalue weighted by Crippen LogP contribution is 2.00. The van der Waals surface area contributed by atoms with E-state index in [-0.39, 0.29) is 6.10 Å². The third-order valence-electron chi connectivity index (χ3n) is 1.64. The van der Waals surface area contributed by atoms with E-state index in [4.69, 9.17) is 5.11 Å². The van der Waals surface area contributed by atoms with Crippen LogP contribution in [0.4, 0.5) is 0 Å². The summed E-state index contributed by atoms with van der Waals surface area (Å²) >= 11 is 0. The number of hydrogen-bond acceptors (Lipinski definition) is 1. The first kappa shape index (κ1) is 10.7. The SMILES string of the molecule is CCCC/C=C/CCC(C)O. The molecule has 1 nitrogen and oxygen atoms in total. The van der Waals surface area contributed by atoms with E-state index in [2.05, 4.69) is 19.1 Å². The Balaban J connectivity index is 3.03. The van der Waals surface area contributed by atoms with E-state index in [0.29, 0.717) is 0 Å². The van der Waals surface area contributed by atoms with Crippen molar-refractivity contribution in [3.05, 3.63) is 12.2 Å². The van der Waals surface area contributed by atoms with Crippen LogP contribution in [0.5, 0.6) is 0 Å². The first-order chi connectivity index (χ1) is 5.27. The van der Waals surface area contributed by atoms with E-state index in [1.54, 1.807) is 0 Å². The van der Waals surface area contributed by atoms with Gasteiger partial charge in [0, 0.05) is 0 Å². The molecule has 0 aliphatic rings. The fraction of sp³-hybridized carbons (Fsp3) is 0.800. The van der Waals surface area contributed by atoms with Crippen LogP contribution in [0.2, 0.25) is 0 Å². The van der Waals surface area contributed by atoms with Gasteiger partial charge < -0.3 is 5.11 Å². The molecule has 0 aromatic rings. The van der Waals surface area contributed by atoms with E-state index in [0.717, 1.165) is 12.8 Å². The monoisotopic (exact) mass is 156 g/mol. The van der Waals surface area contributed by atoms with Crippen molar-refractivity contribution in [1.82, 2.24) is 0 Å². The Bertz CT molecular complexity index is 95.0. The zero-order valence-corrected chi connectivity index (χ0v) is 7.71. The second-order valence-corrected chi connectivity index (χ2v) is 3.04. The molecule has 0 saturated carbocycles. The van der Waals surface area contributed by atoms with Crippen LogP contribution in [0.15, 0.2) is 12.2 Å². The van der Waals surface area contributed by atoms with E-state index >= 15 is 0 Å². The minimum absolute atomic E-state index is 0.147. The number of aliphatic hydroxyl groups excluding tert-OH is 1. The first-order valence-corrected chi connectivity index (χ1v) is 4.60. The Morgan fingerprint density at radius 1 is 1.27 bits per heavy atom. The second kappa shape index (κ2) is 7.80. The van der Waals surface area contributed by atoms with E-state index in [1.807, 2.05) is 6.92 Å². The normalized spacial score (nSPS) is 14.1. The van der Waals surface area contributed by atoms with Crippen LogP contribution in [0.3, 0.4) is 0 Å². The Kier molecular flexibility index (Phi) is 7.59. The topological polar surface area (TPSA) is 20.2 Å². The van der Waals surface area contributed by atoms with Crippen molar-refractivity contribution < 1.29 is 5.11 Å². The number of aliphatic hydroxyl groups is 1. The van der Waals surface area contributed by atoms with Crippen LogP contribution in [0.25, 0.3) is 0 Å². The summed E-state index contributed by atoms with van der Waals surface area (Å²) in [6, 6.07) is 0. The van der Waals surface area contributed by atoms with Crippen molar-refractivity contribution in [3.63, 3.8) is 0 Å². The molecule has 1 heteroatoms. The van der Waals surface area contributed by atoms with E-state index in [1.165, 1.54) is 19.3 Å². The van der Waals surface area contributed by atoms with Crippen LogP contribution in [-0.4, -0.2) is 11.2 Å². The van der Waals surface area contributed by atoms with Crippen molar-refractivity contribution >= 4 is 0 Å². The lowest BCUT2D eigenvalue weighted by atomic mass is 10.2. The van der Waals surface area contributed by atoms with Gasteiger partial charge in [0.2, 0.25) is 0 Å². The molecule has 0 saturated heterocycles. The van der Waals surface area contributed by atoms with Gasteiger partial charge in [-0.25, -0.2) is 0 Å². The highest BCUT2D eigenvalue weighted by Gasteiger charge is 1.90. The Labute approximate surface area is 70.1 Å². The minimum Gasteiger partial charge on any atom is -0.393 e. The fourth-order valence-electron chi connectivity index (χ4n) is 0.895. The molecule has 66 valence electrons. The maximum absolute atomic E-state index is 8.92. The predicted octanol–water partition coefficient (Wildman–Crippen LogP) is 2.89. The average molecular weight is 156 g/mol. The maximum atomic E-state index is 8.92. The van der Waals surface area contributed by atoms with Gasteiger partial charge in [-0.15, -0.1) is 0 Å². The van der Waals surface area contributed by atoms with Crippen molar-refractivity contribution in [2.75, 3.05) is 0 Å². The number of allylic oxidation sites excluding steroid dienone is 2. The van der Waals surface area contributed by atoms with Crippen LogP contribution < -0.4 is 0 Å². The predicted molar refractivity (Wildman–Crippen MR) is 49.6 cm³/mol. The van der Waals surface area contributed by atoms with Crippen LogP contribution in [-0.2, 0) is 0 Å². The molecule has 0 bridgehead atoms. The van der Waals surface area contributed by atoms with Crippen LogP contribution in [0.1, 0.15) is 46.0 Å². The van der Waals surface area contributed by atoms with Gasteiger partial charge in [0.05, 0.1) is 6.10 Å². The summed E-state index contributed by atoms with van der Waals surface area (Å²) in [5, 5.41) is 8.92. The van der Waals surface area contributed by atoms with Crippen molar-refractivity contribution in [3.8, 4) is 0 Å². The zero-order chi connectivity index (χ0) is 8.53. The molecule has 0 heterocycles. The van der Waals surface area contributed by atoms with Gasteiger partial charge in [-0.1, -0.05) is 31.9 Å². The summed E-state index contributed by atoms with van der Waals surface area (Å²) in [6.07, 6.45) is 9.88. The summed E-state index contributed by atoms with van der Waals surface area (Å²) < 4.78 is 0. The van der Waals surface area contributed by atoms with E-state index in [9.17, 15) is 0 Å². The molecular weight excluding hydrogens is 136 g/mol. The number of unbranched alkanes of at least 4 members (excludes halogenated alkanes) is 2. The molecule has 1 atom stereocenters. The maximum Gasteiger partial charge on any atom is 0.0515 e. The molecule has 11 heavy (non-hydrogen) atoms. The Morgan fingerprint density at radius 2 is 1.91 bits per heavy atom. The van der Waals surface area contributed by atoms with Gasteiger partial charge >= 0.3 is 0 Å². The largest absolute Gasteiger partial charge is 0.393 e. The lowest BCUT2D eigenvalue weighted by Crippen LogP contribution is -1.96. The van der Waals surface area contributed by atoms with Gasteiger partial charge in [0.25, 0.3) is 0 Å². The Morgan fingerprint density at radius 3 is 2.45 bits per heavy atom. The molecule has 0 aliphatic carbocycles. The smallest absolute Gasteiger partial charge is 0.0515 e. The van der Waals surface area contributed by atoms with Gasteiger partial charge in [-0.05, 0) is 26.2 Å². The second-order valence-electron chi connectivity index (χ2n) is 3.04. The first-order valence-electron chi connectivity index (χ1n) is 4.60. The van der Waals surface area contributed by atoms with Gasteiger partial charge in [0.15, 0.2) is 0 Å². The van der Waals surface area contributed by atoms with Gasteiger partial charge in [-0.3, -0.25) is 0 Å². The molecule has 0 amide bonds. The average Bonchev–Trinajstić information content (AvgIpc) is 1.96. The number of hydrogen-bond donors (Lipinski definition) is 1. The molecule has 0 aromatic heterocycles. The molecule has 0 fully saturated rings. The van der Waals surface area contributed by atoms with Crippen LogP contribution in [0, 0.1) is 0 Å². The molecule has 0 rings (SSSR count). The summed E-state index contributed by atoms with van der Waals surface area (Å²) in [4.78, 5) is 0. The molecule has 0 radical (unpaired) electrons. The molecule has 0 aliphatic heterocycles. The molecule has 0 aromatic carbocycles. The highest BCUT2D eigenvalue weighted by molar-refractivity contribution is 4.81. The van der Waals surface area contributed by atoms with Gasteiger partial charge in [0.1, 0.15) is 0 Å². The summed E-state index contributed by atoms with van der Waals surface area (Å²) in [5.41, 5.74) is 0. The molecular formula is C10H20O. The zero-order valence-electron chi connectivity index (χ0n) is 7.71. The van der Waals surface area contributed by atoms with Crippen LogP contribution >= 0.6 is 0 Å². The fourth-order valence-corrected chi connectivity index (χ4v) is 0.895. The highest BCUT2D eigenvalue weighted by atomic mass is 16.3. The van der Waals surface area contributed by atoms with Crippen molar-refractivity contribution in [1.29, 1.82) is 0 Å². The van der Waals surface area contributed by atoms with Gasteiger partial charge in [-0.2, -0.15) is 0 Å². The summed E-state index contributed by atoms with van der Waals surface area (Å²) in [5.74, 6) is 0. The third-order valence-corrected chi connectivity index (χ3v) is 1.64. The third kappa shape index (κ3) is 9.70. The quantitative estimate of drug-likeness (QED) is 0.463. The lowest BCUT2D eigenvalue weighted by molar-refractivity contribution is 0.186. The standard InChI is InChI=1S/C10H20O/c1-3-4-5-6-7-8-9-10(2)11/h6-7,10-11H,3-5,8-9H2,1-2H3/b7-6+. The molecule has 1 N–H and O–H groups in total. The van der Waals surface area contributed by atoms with Crippen molar-refractivity contribution in [2.24, 2.45) is 0 Å². The summed E-state index contributed by atoms with van der Waals surface area (Å²) in [7, 11) is 0. The van der Waals surface area contributed by atoms with E-state index < -0.39 is 0 Å². The summed E-state index contributed by atoms with van der Waals surface area (Å²) in [6.45, 7) is 4.03. The minimum atomic E-state index is -0.147. The van der Waals surface area contributed by atoms with Crippen molar-refractivity contribution in [2.45, 2.75) is 52.1 Å².